The van der Waals surface area contributed by atoms with Crippen molar-refractivity contribution in [2.75, 3.05) is 5.88 Å². The summed E-state index contributed by atoms with van der Waals surface area (Å²) in [4.78, 5) is 4.07. The Hall–Kier alpha value is -1.42. The number of halogens is 1. The van der Waals surface area contributed by atoms with Crippen molar-refractivity contribution in [1.82, 2.24) is 15.2 Å². The van der Waals surface area contributed by atoms with E-state index in [1.54, 1.807) is 12.4 Å². The summed E-state index contributed by atoms with van der Waals surface area (Å²) in [6.45, 7) is 0. The Bertz CT molecular complexity index is 402. The molecule has 14 heavy (non-hydrogen) atoms. The molecule has 5 heteroatoms. The van der Waals surface area contributed by atoms with Crippen LogP contribution >= 0.6 is 11.6 Å². The van der Waals surface area contributed by atoms with Gasteiger partial charge in [0.25, 0.3) is 0 Å². The Kier molecular flexibility index (Phi) is 2.74. The van der Waals surface area contributed by atoms with Crippen LogP contribution in [0.25, 0.3) is 11.5 Å². The molecule has 4 nitrogen and oxygen atoms in total. The van der Waals surface area contributed by atoms with Crippen LogP contribution in [0.5, 0.6) is 0 Å². The van der Waals surface area contributed by atoms with E-state index in [0.717, 1.165) is 17.5 Å². The van der Waals surface area contributed by atoms with Crippen LogP contribution in [-0.2, 0) is 6.42 Å². The summed E-state index contributed by atoms with van der Waals surface area (Å²) in [7, 11) is 0. The molecule has 2 rings (SSSR count). The van der Waals surface area contributed by atoms with Gasteiger partial charge < -0.3 is 4.42 Å². The second kappa shape index (κ2) is 4.19. The number of aryl methyl sites for hydroxylation is 1. The minimum Gasteiger partial charge on any atom is -0.423 e. The van der Waals surface area contributed by atoms with E-state index in [9.17, 15) is 0 Å². The second-order valence-electron chi connectivity index (χ2n) is 2.76. The SMILES string of the molecule is ClCCc1cncc(-c2nnco2)c1. The smallest absolute Gasteiger partial charge is 0.248 e. The van der Waals surface area contributed by atoms with E-state index in [1.807, 2.05) is 6.07 Å². The first-order chi connectivity index (χ1) is 6.90. The van der Waals surface area contributed by atoms with Crippen molar-refractivity contribution < 1.29 is 4.42 Å². The number of aromatic nitrogens is 3. The van der Waals surface area contributed by atoms with Crippen LogP contribution in [0, 0.1) is 0 Å². The zero-order chi connectivity index (χ0) is 9.80. The molecular weight excluding hydrogens is 202 g/mol. The molecule has 0 unspecified atom stereocenters. The molecular formula is C9H8ClN3O. The molecule has 0 spiro atoms. The van der Waals surface area contributed by atoms with Crippen LogP contribution in [0.1, 0.15) is 5.56 Å². The summed E-state index contributed by atoms with van der Waals surface area (Å²) in [6.07, 6.45) is 5.55. The van der Waals surface area contributed by atoms with E-state index in [4.69, 9.17) is 16.0 Å². The zero-order valence-electron chi connectivity index (χ0n) is 7.35. The average molecular weight is 210 g/mol. The van der Waals surface area contributed by atoms with Gasteiger partial charge in [-0.2, -0.15) is 0 Å². The maximum absolute atomic E-state index is 5.63. The molecule has 0 saturated heterocycles. The predicted octanol–water partition coefficient (Wildman–Crippen LogP) is 1.91. The lowest BCUT2D eigenvalue weighted by molar-refractivity contribution is 0.568. The number of hydrogen-bond acceptors (Lipinski definition) is 4. The third-order valence-electron chi connectivity index (χ3n) is 1.79. The highest BCUT2D eigenvalue weighted by Crippen LogP contribution is 2.16. The van der Waals surface area contributed by atoms with Crippen LogP contribution in [0.3, 0.4) is 0 Å². The number of rotatable bonds is 3. The van der Waals surface area contributed by atoms with Gasteiger partial charge in [-0.25, -0.2) is 0 Å². The molecule has 0 radical (unpaired) electrons. The molecule has 2 heterocycles. The molecule has 0 aliphatic rings. The Morgan fingerprint density at radius 3 is 3.00 bits per heavy atom. The molecule has 0 aromatic carbocycles. The van der Waals surface area contributed by atoms with E-state index in [1.165, 1.54) is 6.39 Å². The monoisotopic (exact) mass is 209 g/mol. The van der Waals surface area contributed by atoms with Crippen LogP contribution in [-0.4, -0.2) is 21.1 Å². The first-order valence-corrected chi connectivity index (χ1v) is 4.70. The van der Waals surface area contributed by atoms with Gasteiger partial charge in [-0.15, -0.1) is 21.8 Å². The normalized spacial score (nSPS) is 10.4. The maximum atomic E-state index is 5.63. The fourth-order valence-electron chi connectivity index (χ4n) is 1.15. The fraction of sp³-hybridized carbons (Fsp3) is 0.222. The third kappa shape index (κ3) is 1.90. The quantitative estimate of drug-likeness (QED) is 0.725. The summed E-state index contributed by atoms with van der Waals surface area (Å²) in [5.74, 6) is 1.06. The van der Waals surface area contributed by atoms with Gasteiger partial charge in [0.05, 0.1) is 5.56 Å². The summed E-state index contributed by atoms with van der Waals surface area (Å²) in [6, 6.07) is 1.95. The Morgan fingerprint density at radius 2 is 2.29 bits per heavy atom. The molecule has 0 atom stereocenters. The highest BCUT2D eigenvalue weighted by Gasteiger charge is 2.04. The minimum atomic E-state index is 0.480. The van der Waals surface area contributed by atoms with E-state index in [0.29, 0.717) is 11.8 Å². The lowest BCUT2D eigenvalue weighted by Crippen LogP contribution is -1.89. The van der Waals surface area contributed by atoms with Crippen molar-refractivity contribution in [1.29, 1.82) is 0 Å². The van der Waals surface area contributed by atoms with Crippen molar-refractivity contribution in [3.8, 4) is 11.5 Å². The van der Waals surface area contributed by atoms with Gasteiger partial charge in [0.2, 0.25) is 12.3 Å². The topological polar surface area (TPSA) is 51.8 Å². The van der Waals surface area contributed by atoms with Gasteiger partial charge in [-0.05, 0) is 18.1 Å². The Morgan fingerprint density at radius 1 is 1.36 bits per heavy atom. The molecule has 0 aliphatic carbocycles. The molecule has 0 saturated carbocycles. The summed E-state index contributed by atoms with van der Waals surface area (Å²) in [5, 5.41) is 7.40. The first kappa shape index (κ1) is 9.15. The lowest BCUT2D eigenvalue weighted by Gasteiger charge is -1.98. The van der Waals surface area contributed by atoms with Gasteiger partial charge in [0.1, 0.15) is 0 Å². The van der Waals surface area contributed by atoms with Crippen molar-refractivity contribution in [2.45, 2.75) is 6.42 Å². The standard InChI is InChI=1S/C9H8ClN3O/c10-2-1-7-3-8(5-11-4-7)9-13-12-6-14-9/h3-6H,1-2H2. The van der Waals surface area contributed by atoms with Crippen molar-refractivity contribution in [3.63, 3.8) is 0 Å². The van der Waals surface area contributed by atoms with Gasteiger partial charge in [0.15, 0.2) is 0 Å². The summed E-state index contributed by atoms with van der Waals surface area (Å²) < 4.78 is 5.06. The van der Waals surface area contributed by atoms with Crippen molar-refractivity contribution >= 4 is 11.6 Å². The lowest BCUT2D eigenvalue weighted by atomic mass is 10.2. The van der Waals surface area contributed by atoms with Gasteiger partial charge in [-0.3, -0.25) is 4.98 Å². The minimum absolute atomic E-state index is 0.480. The Balaban J connectivity index is 2.31. The Labute approximate surface area is 85.9 Å². The van der Waals surface area contributed by atoms with Crippen molar-refractivity contribution in [2.24, 2.45) is 0 Å². The first-order valence-electron chi connectivity index (χ1n) is 4.16. The molecule has 0 fully saturated rings. The van der Waals surface area contributed by atoms with E-state index < -0.39 is 0 Å². The molecule has 72 valence electrons. The third-order valence-corrected chi connectivity index (χ3v) is 1.97. The molecule has 0 N–H and O–H groups in total. The number of alkyl halides is 1. The zero-order valence-corrected chi connectivity index (χ0v) is 8.11. The van der Waals surface area contributed by atoms with Gasteiger partial charge in [0, 0.05) is 18.3 Å². The predicted molar refractivity (Wildman–Crippen MR) is 52.0 cm³/mol. The summed E-state index contributed by atoms with van der Waals surface area (Å²) in [5.41, 5.74) is 1.89. The van der Waals surface area contributed by atoms with Gasteiger partial charge in [-0.1, -0.05) is 0 Å². The van der Waals surface area contributed by atoms with Crippen LogP contribution in [0.2, 0.25) is 0 Å². The fourth-order valence-corrected chi connectivity index (χ4v) is 1.37. The van der Waals surface area contributed by atoms with E-state index in [-0.39, 0.29) is 0 Å². The molecule has 0 bridgehead atoms. The van der Waals surface area contributed by atoms with Gasteiger partial charge >= 0.3 is 0 Å². The number of hydrogen-bond donors (Lipinski definition) is 0. The summed E-state index contributed by atoms with van der Waals surface area (Å²) >= 11 is 5.63. The largest absolute Gasteiger partial charge is 0.423 e. The molecule has 0 aliphatic heterocycles. The molecule has 2 aromatic rings. The van der Waals surface area contributed by atoms with Crippen LogP contribution < -0.4 is 0 Å². The maximum Gasteiger partial charge on any atom is 0.248 e. The number of pyridine rings is 1. The van der Waals surface area contributed by atoms with E-state index in [2.05, 4.69) is 15.2 Å². The average Bonchev–Trinajstić information content (AvgIpc) is 2.71. The van der Waals surface area contributed by atoms with E-state index >= 15 is 0 Å². The second-order valence-corrected chi connectivity index (χ2v) is 3.14. The highest BCUT2D eigenvalue weighted by molar-refractivity contribution is 6.17. The van der Waals surface area contributed by atoms with Crippen molar-refractivity contribution in [3.05, 3.63) is 30.4 Å². The van der Waals surface area contributed by atoms with Crippen LogP contribution in [0.4, 0.5) is 0 Å². The van der Waals surface area contributed by atoms with Crippen LogP contribution in [0.15, 0.2) is 29.3 Å². The molecule has 0 amide bonds. The number of nitrogens with zero attached hydrogens (tertiary/aromatic N) is 3. The molecule has 2 aromatic heterocycles. The highest BCUT2D eigenvalue weighted by atomic mass is 35.5.